The number of ketones is 1. The van der Waals surface area contributed by atoms with Gasteiger partial charge in [0.05, 0.1) is 0 Å². The van der Waals surface area contributed by atoms with Crippen molar-refractivity contribution in [2.45, 2.75) is 6.92 Å². The molecule has 74 valence electrons. The molecule has 0 aromatic heterocycles. The van der Waals surface area contributed by atoms with Crippen molar-refractivity contribution in [2.75, 3.05) is 13.1 Å². The molecule has 0 spiro atoms. The first-order chi connectivity index (χ1) is 6.68. The molecule has 0 bridgehead atoms. The van der Waals surface area contributed by atoms with Crippen LogP contribution in [-0.2, 0) is 0 Å². The zero-order valence-electron chi connectivity index (χ0n) is 8.01. The van der Waals surface area contributed by atoms with Crippen molar-refractivity contribution >= 4 is 17.4 Å². The summed E-state index contributed by atoms with van der Waals surface area (Å²) >= 11 is 5.96. The molecule has 1 fully saturated rings. The van der Waals surface area contributed by atoms with Crippen LogP contribution in [-0.4, -0.2) is 18.9 Å². The Balaban J connectivity index is 2.23. The van der Waals surface area contributed by atoms with Crippen LogP contribution in [0.5, 0.6) is 0 Å². The standard InChI is InChI=1S/C11H12ClNO/c1-7-2-3-8(4-10(7)12)11(14)9-5-13-6-9/h2-4,9,13H,5-6H2,1H3. The van der Waals surface area contributed by atoms with Gasteiger partial charge < -0.3 is 5.32 Å². The molecule has 1 saturated heterocycles. The maximum atomic E-state index is 11.8. The number of hydrogen-bond donors (Lipinski definition) is 1. The molecule has 0 atom stereocenters. The van der Waals surface area contributed by atoms with Crippen molar-refractivity contribution in [3.63, 3.8) is 0 Å². The van der Waals surface area contributed by atoms with Crippen molar-refractivity contribution in [3.8, 4) is 0 Å². The van der Waals surface area contributed by atoms with Crippen molar-refractivity contribution < 1.29 is 4.79 Å². The lowest BCUT2D eigenvalue weighted by atomic mass is 9.92. The highest BCUT2D eigenvalue weighted by molar-refractivity contribution is 6.31. The second-order valence-electron chi connectivity index (χ2n) is 3.68. The highest BCUT2D eigenvalue weighted by atomic mass is 35.5. The van der Waals surface area contributed by atoms with Gasteiger partial charge in [-0.25, -0.2) is 0 Å². The van der Waals surface area contributed by atoms with E-state index in [4.69, 9.17) is 11.6 Å². The van der Waals surface area contributed by atoms with Crippen LogP contribution in [0.4, 0.5) is 0 Å². The Hall–Kier alpha value is -0.860. The molecular formula is C11H12ClNO. The maximum absolute atomic E-state index is 11.8. The van der Waals surface area contributed by atoms with Gasteiger partial charge in [0.2, 0.25) is 0 Å². The number of nitrogens with one attached hydrogen (secondary N) is 1. The number of aryl methyl sites for hydroxylation is 1. The maximum Gasteiger partial charge on any atom is 0.168 e. The van der Waals surface area contributed by atoms with Gasteiger partial charge in [0.25, 0.3) is 0 Å². The molecular weight excluding hydrogens is 198 g/mol. The Kier molecular flexibility index (Phi) is 2.57. The van der Waals surface area contributed by atoms with E-state index >= 15 is 0 Å². The molecule has 1 heterocycles. The molecule has 0 aliphatic carbocycles. The number of carbonyl (C=O) groups is 1. The lowest BCUT2D eigenvalue weighted by Gasteiger charge is -2.25. The number of halogens is 1. The van der Waals surface area contributed by atoms with Crippen LogP contribution < -0.4 is 5.32 Å². The Morgan fingerprint density at radius 3 is 2.71 bits per heavy atom. The van der Waals surface area contributed by atoms with Crippen LogP contribution in [0.15, 0.2) is 18.2 Å². The Morgan fingerprint density at radius 1 is 1.50 bits per heavy atom. The Labute approximate surface area is 88.3 Å². The van der Waals surface area contributed by atoms with E-state index in [9.17, 15) is 4.79 Å². The Morgan fingerprint density at radius 2 is 2.21 bits per heavy atom. The summed E-state index contributed by atoms with van der Waals surface area (Å²) in [6, 6.07) is 5.50. The minimum Gasteiger partial charge on any atom is -0.315 e. The molecule has 3 heteroatoms. The fourth-order valence-corrected chi connectivity index (χ4v) is 1.64. The van der Waals surface area contributed by atoms with E-state index in [1.165, 1.54) is 0 Å². The summed E-state index contributed by atoms with van der Waals surface area (Å²) in [7, 11) is 0. The van der Waals surface area contributed by atoms with E-state index in [-0.39, 0.29) is 11.7 Å². The number of carbonyl (C=O) groups excluding carboxylic acids is 1. The van der Waals surface area contributed by atoms with Gasteiger partial charge in [0, 0.05) is 29.6 Å². The SMILES string of the molecule is Cc1ccc(C(=O)C2CNC2)cc1Cl. The van der Waals surface area contributed by atoms with Crippen molar-refractivity contribution in [2.24, 2.45) is 5.92 Å². The molecule has 0 unspecified atom stereocenters. The molecule has 0 amide bonds. The largest absolute Gasteiger partial charge is 0.315 e. The number of hydrogen-bond acceptors (Lipinski definition) is 2. The summed E-state index contributed by atoms with van der Waals surface area (Å²) in [6.45, 7) is 3.52. The highest BCUT2D eigenvalue weighted by Crippen LogP contribution is 2.20. The second-order valence-corrected chi connectivity index (χ2v) is 4.09. The second kappa shape index (κ2) is 3.71. The first-order valence-corrected chi connectivity index (χ1v) is 5.07. The van der Waals surface area contributed by atoms with Gasteiger partial charge in [0.1, 0.15) is 0 Å². The molecule has 1 aliphatic rings. The van der Waals surface area contributed by atoms with Crippen LogP contribution in [0, 0.1) is 12.8 Å². The van der Waals surface area contributed by atoms with Gasteiger partial charge in [-0.15, -0.1) is 0 Å². The minimum atomic E-state index is 0.147. The topological polar surface area (TPSA) is 29.1 Å². The fourth-order valence-electron chi connectivity index (χ4n) is 1.46. The zero-order chi connectivity index (χ0) is 10.1. The van der Waals surface area contributed by atoms with Gasteiger partial charge >= 0.3 is 0 Å². The van der Waals surface area contributed by atoms with Gasteiger partial charge in [-0.3, -0.25) is 4.79 Å². The van der Waals surface area contributed by atoms with Gasteiger partial charge in [-0.2, -0.15) is 0 Å². The van der Waals surface area contributed by atoms with Crippen LogP contribution in [0.25, 0.3) is 0 Å². The predicted molar refractivity (Wildman–Crippen MR) is 56.9 cm³/mol. The van der Waals surface area contributed by atoms with E-state index < -0.39 is 0 Å². The average molecular weight is 210 g/mol. The van der Waals surface area contributed by atoms with Crippen molar-refractivity contribution in [3.05, 3.63) is 34.3 Å². The van der Waals surface area contributed by atoms with E-state index in [1.54, 1.807) is 6.07 Å². The monoisotopic (exact) mass is 209 g/mol. The van der Waals surface area contributed by atoms with Gasteiger partial charge in [0.15, 0.2) is 5.78 Å². The van der Waals surface area contributed by atoms with Gasteiger partial charge in [-0.05, 0) is 18.6 Å². The molecule has 1 aromatic carbocycles. The normalized spacial score (nSPS) is 16.4. The minimum absolute atomic E-state index is 0.147. The molecule has 0 radical (unpaired) electrons. The number of rotatable bonds is 2. The molecule has 1 aromatic rings. The predicted octanol–water partition coefficient (Wildman–Crippen LogP) is 2.05. The van der Waals surface area contributed by atoms with Gasteiger partial charge in [-0.1, -0.05) is 23.7 Å². The third-order valence-corrected chi connectivity index (χ3v) is 3.02. The highest BCUT2D eigenvalue weighted by Gasteiger charge is 2.25. The zero-order valence-corrected chi connectivity index (χ0v) is 8.77. The van der Waals surface area contributed by atoms with Crippen molar-refractivity contribution in [1.29, 1.82) is 0 Å². The number of Topliss-reactive ketones (excluding diaryl/α,β-unsaturated/α-hetero) is 1. The summed E-state index contributed by atoms with van der Waals surface area (Å²) in [6.07, 6.45) is 0. The molecule has 14 heavy (non-hydrogen) atoms. The third kappa shape index (κ3) is 1.68. The lowest BCUT2D eigenvalue weighted by Crippen LogP contribution is -2.46. The molecule has 2 nitrogen and oxygen atoms in total. The molecule has 1 N–H and O–H groups in total. The van der Waals surface area contributed by atoms with E-state index in [1.807, 2.05) is 19.1 Å². The molecule has 0 saturated carbocycles. The summed E-state index contributed by atoms with van der Waals surface area (Å²) in [5.74, 6) is 0.347. The fraction of sp³-hybridized carbons (Fsp3) is 0.364. The average Bonchev–Trinajstić information content (AvgIpc) is 2.06. The molecule has 2 rings (SSSR count). The first-order valence-electron chi connectivity index (χ1n) is 4.69. The quantitative estimate of drug-likeness (QED) is 0.756. The third-order valence-electron chi connectivity index (χ3n) is 2.61. The summed E-state index contributed by atoms with van der Waals surface area (Å²) in [5, 5.41) is 3.75. The Bertz CT molecular complexity index is 372. The summed E-state index contributed by atoms with van der Waals surface area (Å²) < 4.78 is 0. The summed E-state index contributed by atoms with van der Waals surface area (Å²) in [4.78, 5) is 11.8. The van der Waals surface area contributed by atoms with Crippen LogP contribution in [0.2, 0.25) is 5.02 Å². The van der Waals surface area contributed by atoms with E-state index in [0.29, 0.717) is 5.02 Å². The van der Waals surface area contributed by atoms with Crippen LogP contribution in [0.3, 0.4) is 0 Å². The smallest absolute Gasteiger partial charge is 0.168 e. The molecule has 1 aliphatic heterocycles. The number of benzene rings is 1. The summed E-state index contributed by atoms with van der Waals surface area (Å²) in [5.41, 5.74) is 1.74. The van der Waals surface area contributed by atoms with E-state index in [2.05, 4.69) is 5.32 Å². The van der Waals surface area contributed by atoms with E-state index in [0.717, 1.165) is 24.2 Å². The van der Waals surface area contributed by atoms with Crippen LogP contribution >= 0.6 is 11.6 Å². The van der Waals surface area contributed by atoms with Crippen LogP contribution in [0.1, 0.15) is 15.9 Å². The lowest BCUT2D eigenvalue weighted by molar-refractivity contribution is 0.0878. The first kappa shape index (κ1) is 9.69. The van der Waals surface area contributed by atoms with Crippen molar-refractivity contribution in [1.82, 2.24) is 5.32 Å².